The van der Waals surface area contributed by atoms with E-state index in [0.717, 1.165) is 36.6 Å². The highest BCUT2D eigenvalue weighted by Crippen LogP contribution is 2.24. The standard InChI is InChI=1S/C11H16ClN3O/c1-7-6-15(4-5-16-7)11-9(3)8(2)10(12)13-14-11/h7H,4-6H2,1-3H3. The van der Waals surface area contributed by atoms with Crippen molar-refractivity contribution in [1.82, 2.24) is 10.2 Å². The Labute approximate surface area is 101 Å². The topological polar surface area (TPSA) is 38.2 Å². The van der Waals surface area contributed by atoms with Crippen LogP contribution in [0.15, 0.2) is 0 Å². The van der Waals surface area contributed by atoms with E-state index in [2.05, 4.69) is 22.0 Å². The van der Waals surface area contributed by atoms with Crippen molar-refractivity contribution in [2.45, 2.75) is 26.9 Å². The Kier molecular flexibility index (Phi) is 3.30. The first-order valence-corrected chi connectivity index (χ1v) is 5.83. The molecule has 0 radical (unpaired) electrons. The molecular formula is C11H16ClN3O. The van der Waals surface area contributed by atoms with Gasteiger partial charge in [0.2, 0.25) is 0 Å². The lowest BCUT2D eigenvalue weighted by Crippen LogP contribution is -2.42. The van der Waals surface area contributed by atoms with Gasteiger partial charge in [-0.2, -0.15) is 0 Å². The second-order valence-corrected chi connectivity index (χ2v) is 4.55. The summed E-state index contributed by atoms with van der Waals surface area (Å²) in [5.74, 6) is 0.928. The highest BCUT2D eigenvalue weighted by atomic mass is 35.5. The van der Waals surface area contributed by atoms with E-state index in [1.165, 1.54) is 0 Å². The zero-order chi connectivity index (χ0) is 11.7. The van der Waals surface area contributed by atoms with E-state index in [-0.39, 0.29) is 6.10 Å². The van der Waals surface area contributed by atoms with Crippen molar-refractivity contribution in [1.29, 1.82) is 0 Å². The maximum atomic E-state index is 5.94. The van der Waals surface area contributed by atoms with Crippen LogP contribution in [0.3, 0.4) is 0 Å². The molecule has 5 heteroatoms. The second kappa shape index (κ2) is 4.55. The summed E-state index contributed by atoms with van der Waals surface area (Å²) in [5.41, 5.74) is 2.11. The van der Waals surface area contributed by atoms with Gasteiger partial charge in [-0.25, -0.2) is 0 Å². The van der Waals surface area contributed by atoms with Gasteiger partial charge in [-0.05, 0) is 31.9 Å². The maximum Gasteiger partial charge on any atom is 0.155 e. The quantitative estimate of drug-likeness (QED) is 0.754. The third-order valence-corrected chi connectivity index (χ3v) is 3.34. The van der Waals surface area contributed by atoms with Crippen LogP contribution in [-0.2, 0) is 4.74 Å². The predicted molar refractivity (Wildman–Crippen MR) is 64.1 cm³/mol. The molecule has 1 fully saturated rings. The fraction of sp³-hybridized carbons (Fsp3) is 0.636. The average molecular weight is 242 g/mol. The molecule has 1 aromatic heterocycles. The summed E-state index contributed by atoms with van der Waals surface area (Å²) in [7, 11) is 0. The van der Waals surface area contributed by atoms with Crippen molar-refractivity contribution in [2.75, 3.05) is 24.6 Å². The summed E-state index contributed by atoms with van der Waals surface area (Å²) < 4.78 is 5.51. The van der Waals surface area contributed by atoms with Gasteiger partial charge in [-0.1, -0.05) is 11.6 Å². The van der Waals surface area contributed by atoms with E-state index in [4.69, 9.17) is 16.3 Å². The van der Waals surface area contributed by atoms with Gasteiger partial charge in [0.1, 0.15) is 0 Å². The van der Waals surface area contributed by atoms with Crippen molar-refractivity contribution < 1.29 is 4.74 Å². The third kappa shape index (κ3) is 2.13. The molecule has 4 nitrogen and oxygen atoms in total. The average Bonchev–Trinajstić information content (AvgIpc) is 2.26. The van der Waals surface area contributed by atoms with Crippen molar-refractivity contribution in [2.24, 2.45) is 0 Å². The van der Waals surface area contributed by atoms with Crippen molar-refractivity contribution in [3.8, 4) is 0 Å². The Balaban J connectivity index is 2.29. The Morgan fingerprint density at radius 1 is 1.31 bits per heavy atom. The van der Waals surface area contributed by atoms with Crippen LogP contribution >= 0.6 is 11.6 Å². The molecule has 16 heavy (non-hydrogen) atoms. The number of aromatic nitrogens is 2. The van der Waals surface area contributed by atoms with Crippen LogP contribution in [0.4, 0.5) is 5.82 Å². The molecule has 0 amide bonds. The molecule has 88 valence electrons. The van der Waals surface area contributed by atoms with Gasteiger partial charge in [-0.3, -0.25) is 0 Å². The van der Waals surface area contributed by atoms with E-state index in [1.54, 1.807) is 0 Å². The Morgan fingerprint density at radius 3 is 2.75 bits per heavy atom. The predicted octanol–water partition coefficient (Wildman–Crippen LogP) is 1.97. The molecule has 1 aliphatic heterocycles. The van der Waals surface area contributed by atoms with Crippen LogP contribution in [0.5, 0.6) is 0 Å². The highest BCUT2D eigenvalue weighted by molar-refractivity contribution is 6.30. The minimum atomic E-state index is 0.242. The second-order valence-electron chi connectivity index (χ2n) is 4.19. The molecule has 0 aromatic carbocycles. The van der Waals surface area contributed by atoms with Crippen LogP contribution in [0.25, 0.3) is 0 Å². The smallest absolute Gasteiger partial charge is 0.155 e. The van der Waals surface area contributed by atoms with Crippen molar-refractivity contribution >= 4 is 17.4 Å². The van der Waals surface area contributed by atoms with Gasteiger partial charge in [0, 0.05) is 13.1 Å². The SMILES string of the molecule is Cc1c(Cl)nnc(N2CCOC(C)C2)c1C. The van der Waals surface area contributed by atoms with Gasteiger partial charge in [0.25, 0.3) is 0 Å². The Hall–Kier alpha value is -0.870. The molecule has 2 heterocycles. The normalized spacial score (nSPS) is 21.2. The Morgan fingerprint density at radius 2 is 2.06 bits per heavy atom. The molecule has 1 aromatic rings. The zero-order valence-electron chi connectivity index (χ0n) is 9.83. The molecule has 2 rings (SSSR count). The summed E-state index contributed by atoms with van der Waals surface area (Å²) in [5, 5.41) is 8.65. The maximum absolute atomic E-state index is 5.94. The van der Waals surface area contributed by atoms with Crippen molar-refractivity contribution in [3.05, 3.63) is 16.3 Å². The molecule has 0 N–H and O–H groups in total. The number of rotatable bonds is 1. The van der Waals surface area contributed by atoms with E-state index in [9.17, 15) is 0 Å². The molecular weight excluding hydrogens is 226 g/mol. The first-order valence-electron chi connectivity index (χ1n) is 5.45. The summed E-state index contributed by atoms with van der Waals surface area (Å²) in [6, 6.07) is 0. The summed E-state index contributed by atoms with van der Waals surface area (Å²) in [6.45, 7) is 8.53. The number of ether oxygens (including phenoxy) is 1. The van der Waals surface area contributed by atoms with Crippen LogP contribution in [0, 0.1) is 13.8 Å². The number of morpholine rings is 1. The number of nitrogens with zero attached hydrogens (tertiary/aromatic N) is 3. The largest absolute Gasteiger partial charge is 0.375 e. The molecule has 0 aliphatic carbocycles. The molecule has 0 spiro atoms. The van der Waals surface area contributed by atoms with Crippen molar-refractivity contribution in [3.63, 3.8) is 0 Å². The zero-order valence-corrected chi connectivity index (χ0v) is 10.6. The fourth-order valence-electron chi connectivity index (χ4n) is 1.87. The van der Waals surface area contributed by atoms with Crippen LogP contribution < -0.4 is 4.90 Å². The summed E-state index contributed by atoms with van der Waals surface area (Å²) in [6.07, 6.45) is 0.242. The molecule has 1 unspecified atom stereocenters. The van der Waals surface area contributed by atoms with Crippen LogP contribution in [-0.4, -0.2) is 36.0 Å². The van der Waals surface area contributed by atoms with Gasteiger partial charge in [-0.15, -0.1) is 10.2 Å². The minimum absolute atomic E-state index is 0.242. The minimum Gasteiger partial charge on any atom is -0.375 e. The third-order valence-electron chi connectivity index (χ3n) is 2.98. The number of hydrogen-bond donors (Lipinski definition) is 0. The van der Waals surface area contributed by atoms with Gasteiger partial charge in [0.05, 0.1) is 12.7 Å². The molecule has 0 saturated carbocycles. The molecule has 1 saturated heterocycles. The van der Waals surface area contributed by atoms with E-state index in [0.29, 0.717) is 5.15 Å². The molecule has 1 atom stereocenters. The summed E-state index contributed by atoms with van der Waals surface area (Å²) in [4.78, 5) is 2.21. The van der Waals surface area contributed by atoms with E-state index in [1.807, 2.05) is 13.8 Å². The Bertz CT molecular complexity index is 397. The lowest BCUT2D eigenvalue weighted by molar-refractivity contribution is 0.0528. The first kappa shape index (κ1) is 11.6. The van der Waals surface area contributed by atoms with E-state index < -0.39 is 0 Å². The van der Waals surface area contributed by atoms with Gasteiger partial charge < -0.3 is 9.64 Å². The number of anilines is 1. The first-order chi connectivity index (χ1) is 7.59. The highest BCUT2D eigenvalue weighted by Gasteiger charge is 2.21. The number of halogens is 1. The monoisotopic (exact) mass is 241 g/mol. The fourth-order valence-corrected chi connectivity index (χ4v) is 2.05. The van der Waals surface area contributed by atoms with Crippen LogP contribution in [0.1, 0.15) is 18.1 Å². The van der Waals surface area contributed by atoms with Gasteiger partial charge in [0.15, 0.2) is 11.0 Å². The van der Waals surface area contributed by atoms with Crippen LogP contribution in [0.2, 0.25) is 5.15 Å². The lowest BCUT2D eigenvalue weighted by Gasteiger charge is -2.32. The van der Waals surface area contributed by atoms with E-state index >= 15 is 0 Å². The molecule has 1 aliphatic rings. The number of hydrogen-bond acceptors (Lipinski definition) is 4. The molecule has 0 bridgehead atoms. The summed E-state index contributed by atoms with van der Waals surface area (Å²) >= 11 is 5.94. The van der Waals surface area contributed by atoms with Gasteiger partial charge >= 0.3 is 0 Å². The lowest BCUT2D eigenvalue weighted by atomic mass is 10.1.